The molecule has 5 nitrogen and oxygen atoms in total. The largest absolute Gasteiger partial charge is 0.478 e. The molecule has 1 aromatic heterocycles. The highest BCUT2D eigenvalue weighted by molar-refractivity contribution is 5.88. The molecular weight excluding hydrogens is 263 g/mol. The van der Waals surface area contributed by atoms with E-state index >= 15 is 0 Å². The molecular formula is C14H15FN2O3. The van der Waals surface area contributed by atoms with Crippen molar-refractivity contribution in [2.45, 2.75) is 25.7 Å². The lowest BCUT2D eigenvalue weighted by atomic mass is 10.1. The molecule has 0 unspecified atom stereocenters. The Balaban J connectivity index is 0.00000147. The summed E-state index contributed by atoms with van der Waals surface area (Å²) in [7, 11) is 0. The molecule has 3 N–H and O–H groups in total. The summed E-state index contributed by atoms with van der Waals surface area (Å²) >= 11 is 0. The van der Waals surface area contributed by atoms with Crippen molar-refractivity contribution in [2.24, 2.45) is 0 Å². The molecule has 1 aromatic carbocycles. The molecule has 0 amide bonds. The van der Waals surface area contributed by atoms with Crippen LogP contribution in [0.2, 0.25) is 0 Å². The van der Waals surface area contributed by atoms with Crippen molar-refractivity contribution in [3.63, 3.8) is 0 Å². The van der Waals surface area contributed by atoms with E-state index in [1.165, 1.54) is 12.1 Å². The molecule has 1 aliphatic rings. The minimum absolute atomic E-state index is 0. The summed E-state index contributed by atoms with van der Waals surface area (Å²) in [6.45, 7) is 1.75. The summed E-state index contributed by atoms with van der Waals surface area (Å²) in [6.07, 6.45) is 5.85. The Hall–Kier alpha value is -2.21. The van der Waals surface area contributed by atoms with Gasteiger partial charge < -0.3 is 15.1 Å². The van der Waals surface area contributed by atoms with Crippen LogP contribution in [0.3, 0.4) is 0 Å². The van der Waals surface area contributed by atoms with E-state index in [-0.39, 0.29) is 11.0 Å². The second-order valence-electron chi connectivity index (χ2n) is 4.90. The lowest BCUT2D eigenvalue weighted by Gasteiger charge is -2.08. The Kier molecular flexibility index (Phi) is 3.59. The van der Waals surface area contributed by atoms with Crippen LogP contribution in [0.4, 0.5) is 4.39 Å². The zero-order chi connectivity index (χ0) is 13.6. The summed E-state index contributed by atoms with van der Waals surface area (Å²) in [6, 6.07) is 2.60. The molecule has 106 valence electrons. The number of aryl methyl sites for hydroxylation is 1. The number of aromatic carboxylic acids is 1. The van der Waals surface area contributed by atoms with Gasteiger partial charge in [0.15, 0.2) is 0 Å². The van der Waals surface area contributed by atoms with Crippen LogP contribution in [-0.4, -0.2) is 26.1 Å². The maximum absolute atomic E-state index is 13.5. The number of carboxylic acids is 1. The molecule has 0 atom stereocenters. The number of benzene rings is 1. The van der Waals surface area contributed by atoms with E-state index in [0.717, 1.165) is 18.5 Å². The Morgan fingerprint density at radius 3 is 2.75 bits per heavy atom. The molecule has 0 aliphatic heterocycles. The van der Waals surface area contributed by atoms with E-state index in [9.17, 15) is 9.18 Å². The third-order valence-corrected chi connectivity index (χ3v) is 3.39. The molecule has 1 heterocycles. The second-order valence-corrected chi connectivity index (χ2v) is 4.90. The van der Waals surface area contributed by atoms with Crippen LogP contribution in [-0.2, 0) is 0 Å². The van der Waals surface area contributed by atoms with Crippen molar-refractivity contribution in [3.8, 4) is 5.69 Å². The highest BCUT2D eigenvalue weighted by Crippen LogP contribution is 2.39. The zero-order valence-electron chi connectivity index (χ0n) is 10.9. The van der Waals surface area contributed by atoms with Gasteiger partial charge in [-0.2, -0.15) is 0 Å². The minimum atomic E-state index is -1.26. The van der Waals surface area contributed by atoms with E-state index in [1.807, 2.05) is 6.20 Å². The number of carboxylic acid groups (broad SMARTS) is 1. The SMILES string of the molecule is Cc1cc(F)c(C(=O)O)cc1-n1cnc(C2CC2)c1.O. The van der Waals surface area contributed by atoms with Crippen LogP contribution in [0.5, 0.6) is 0 Å². The van der Waals surface area contributed by atoms with Crippen molar-refractivity contribution in [1.29, 1.82) is 0 Å². The van der Waals surface area contributed by atoms with E-state index in [2.05, 4.69) is 4.98 Å². The summed E-state index contributed by atoms with van der Waals surface area (Å²) < 4.78 is 15.3. The van der Waals surface area contributed by atoms with Crippen molar-refractivity contribution < 1.29 is 19.8 Å². The Bertz CT molecular complexity index is 662. The number of hydrogen-bond donors (Lipinski definition) is 1. The van der Waals surface area contributed by atoms with Gasteiger partial charge in [0.2, 0.25) is 0 Å². The topological polar surface area (TPSA) is 86.6 Å². The standard InChI is InChI=1S/C14H13FN2O2.H2O/c1-8-4-11(15)10(14(18)19)5-13(8)17-6-12(16-7-17)9-2-3-9;/h4-7,9H,2-3H2,1H3,(H,18,19);1H2. The van der Waals surface area contributed by atoms with Crippen molar-refractivity contribution in [2.75, 3.05) is 0 Å². The quantitative estimate of drug-likeness (QED) is 0.932. The van der Waals surface area contributed by atoms with Crippen molar-refractivity contribution in [3.05, 3.63) is 47.3 Å². The van der Waals surface area contributed by atoms with Crippen LogP contribution in [0.1, 0.15) is 40.4 Å². The molecule has 1 fully saturated rings. The van der Waals surface area contributed by atoms with E-state index in [0.29, 0.717) is 17.2 Å². The maximum Gasteiger partial charge on any atom is 0.338 e. The fourth-order valence-electron chi connectivity index (χ4n) is 2.16. The average Bonchev–Trinajstić information content (AvgIpc) is 3.08. The van der Waals surface area contributed by atoms with Gasteiger partial charge in [-0.15, -0.1) is 0 Å². The van der Waals surface area contributed by atoms with Gasteiger partial charge in [0.05, 0.1) is 23.3 Å². The first-order valence-electron chi connectivity index (χ1n) is 6.14. The van der Waals surface area contributed by atoms with Crippen molar-refractivity contribution >= 4 is 5.97 Å². The molecule has 0 radical (unpaired) electrons. The number of halogens is 1. The van der Waals surface area contributed by atoms with E-state index in [1.54, 1.807) is 17.8 Å². The fraction of sp³-hybridized carbons (Fsp3) is 0.286. The molecule has 2 aromatic rings. The van der Waals surface area contributed by atoms with Gasteiger partial charge in [-0.1, -0.05) is 0 Å². The van der Waals surface area contributed by atoms with Gasteiger partial charge in [0.1, 0.15) is 5.82 Å². The van der Waals surface area contributed by atoms with Gasteiger partial charge >= 0.3 is 5.97 Å². The summed E-state index contributed by atoms with van der Waals surface area (Å²) in [5, 5.41) is 8.97. The summed E-state index contributed by atoms with van der Waals surface area (Å²) in [5.74, 6) is -1.45. The third-order valence-electron chi connectivity index (χ3n) is 3.39. The zero-order valence-corrected chi connectivity index (χ0v) is 10.9. The van der Waals surface area contributed by atoms with Gasteiger partial charge in [0.25, 0.3) is 0 Å². The monoisotopic (exact) mass is 278 g/mol. The molecule has 1 aliphatic carbocycles. The van der Waals surface area contributed by atoms with Crippen molar-refractivity contribution in [1.82, 2.24) is 9.55 Å². The normalized spacial score (nSPS) is 13.9. The first-order chi connectivity index (χ1) is 9.06. The molecule has 0 saturated heterocycles. The summed E-state index contributed by atoms with van der Waals surface area (Å²) in [5.41, 5.74) is 2.03. The highest BCUT2D eigenvalue weighted by Gasteiger charge is 2.26. The molecule has 20 heavy (non-hydrogen) atoms. The average molecular weight is 278 g/mol. The van der Waals surface area contributed by atoms with E-state index < -0.39 is 11.8 Å². The van der Waals surface area contributed by atoms with Gasteiger partial charge in [0, 0.05) is 12.1 Å². The second kappa shape index (κ2) is 5.05. The van der Waals surface area contributed by atoms with Gasteiger partial charge in [-0.05, 0) is 37.5 Å². The van der Waals surface area contributed by atoms with Gasteiger partial charge in [-0.25, -0.2) is 14.2 Å². The predicted molar refractivity (Wildman–Crippen MR) is 70.8 cm³/mol. The van der Waals surface area contributed by atoms with E-state index in [4.69, 9.17) is 5.11 Å². The Morgan fingerprint density at radius 1 is 1.45 bits per heavy atom. The molecule has 1 saturated carbocycles. The van der Waals surface area contributed by atoms with Crippen LogP contribution in [0.25, 0.3) is 5.69 Å². The minimum Gasteiger partial charge on any atom is -0.478 e. The Labute approximate surface area is 115 Å². The van der Waals surface area contributed by atoms with Gasteiger partial charge in [-0.3, -0.25) is 0 Å². The van der Waals surface area contributed by atoms with Crippen LogP contribution >= 0.6 is 0 Å². The number of hydrogen-bond acceptors (Lipinski definition) is 2. The lowest BCUT2D eigenvalue weighted by molar-refractivity contribution is 0.0692. The maximum atomic E-state index is 13.5. The molecule has 0 bridgehead atoms. The number of nitrogens with zero attached hydrogens (tertiary/aromatic N) is 2. The summed E-state index contributed by atoms with van der Waals surface area (Å²) in [4.78, 5) is 15.3. The lowest BCUT2D eigenvalue weighted by Crippen LogP contribution is -2.04. The predicted octanol–water partition coefficient (Wildman–Crippen LogP) is 2.07. The Morgan fingerprint density at radius 2 is 2.15 bits per heavy atom. The smallest absolute Gasteiger partial charge is 0.338 e. The number of carbonyl (C=O) groups is 1. The van der Waals surface area contributed by atoms with Crippen LogP contribution in [0.15, 0.2) is 24.7 Å². The molecule has 6 heteroatoms. The number of aromatic nitrogens is 2. The van der Waals surface area contributed by atoms with Crippen LogP contribution in [0, 0.1) is 12.7 Å². The van der Waals surface area contributed by atoms with Crippen LogP contribution < -0.4 is 0 Å². The highest BCUT2D eigenvalue weighted by atomic mass is 19.1. The third kappa shape index (κ3) is 2.42. The molecule has 0 spiro atoms. The number of rotatable bonds is 3. The first-order valence-corrected chi connectivity index (χ1v) is 6.14. The molecule has 3 rings (SSSR count). The number of imidazole rings is 1. The first kappa shape index (κ1) is 14.2. The fourth-order valence-corrected chi connectivity index (χ4v) is 2.16.